The number of hydrogen-bond acceptors (Lipinski definition) is 10. The van der Waals surface area contributed by atoms with Gasteiger partial charge < -0.3 is 39.4 Å². The molecule has 1 fully saturated rings. The fraction of sp³-hybridized carbons (Fsp3) is 0.787. The van der Waals surface area contributed by atoms with Gasteiger partial charge in [0.1, 0.15) is 31.0 Å². The molecule has 0 spiro atoms. The Kier molecular flexibility index (Phi) is 35.0. The zero-order valence-corrected chi connectivity index (χ0v) is 35.8. The third kappa shape index (κ3) is 29.5. The second kappa shape index (κ2) is 37.9. The first kappa shape index (κ1) is 52.7. The third-order valence-corrected chi connectivity index (χ3v) is 10.2. The largest absolute Gasteiger partial charge is 0.462 e. The predicted molar refractivity (Wildman–Crippen MR) is 229 cm³/mol. The molecule has 10 heteroatoms. The Labute approximate surface area is 346 Å². The van der Waals surface area contributed by atoms with Crippen LogP contribution >= 0.6 is 0 Å². The van der Waals surface area contributed by atoms with Crippen LogP contribution in [0.25, 0.3) is 0 Å². The minimum atomic E-state index is -1.60. The van der Waals surface area contributed by atoms with Crippen molar-refractivity contribution in [2.45, 2.75) is 218 Å². The summed E-state index contributed by atoms with van der Waals surface area (Å²) in [4.78, 5) is 25.3. The molecular formula is C47H82O10. The molecule has 0 aromatic carbocycles. The molecule has 0 bridgehead atoms. The highest BCUT2D eigenvalue weighted by molar-refractivity contribution is 5.70. The lowest BCUT2D eigenvalue weighted by molar-refractivity contribution is -0.305. The lowest BCUT2D eigenvalue weighted by Crippen LogP contribution is -2.59. The van der Waals surface area contributed by atoms with Crippen molar-refractivity contribution in [3.8, 4) is 0 Å². The van der Waals surface area contributed by atoms with E-state index in [2.05, 4.69) is 56.4 Å². The van der Waals surface area contributed by atoms with Gasteiger partial charge in [0, 0.05) is 12.8 Å². The molecule has 0 radical (unpaired) electrons. The fourth-order valence-electron chi connectivity index (χ4n) is 6.59. The van der Waals surface area contributed by atoms with Crippen LogP contribution in [-0.4, -0.2) is 89.0 Å². The molecule has 1 heterocycles. The summed E-state index contributed by atoms with van der Waals surface area (Å²) in [6.45, 7) is 3.35. The molecule has 1 rings (SSSR count). The first-order chi connectivity index (χ1) is 27.8. The quantitative estimate of drug-likeness (QED) is 0.0271. The van der Waals surface area contributed by atoms with E-state index in [1.54, 1.807) is 0 Å². The van der Waals surface area contributed by atoms with Crippen LogP contribution in [0.15, 0.2) is 48.6 Å². The van der Waals surface area contributed by atoms with Crippen LogP contribution in [0, 0.1) is 0 Å². The lowest BCUT2D eigenvalue weighted by Gasteiger charge is -2.39. The van der Waals surface area contributed by atoms with Crippen molar-refractivity contribution in [1.82, 2.24) is 0 Å². The number of ether oxygens (including phenoxy) is 4. The summed E-state index contributed by atoms with van der Waals surface area (Å²) in [6, 6.07) is 0. The Bertz CT molecular complexity index is 1070. The SMILES string of the molecule is CCCCCCCCC/C=C/C/C=C/C/C=C/C/C=C/CCCC(=O)O[C@H](COC(=O)CCCCCCCCCCCCC)CO[C@@H]1O[C@H](CO)[C@H](O)C(O)C1O. The number of carbonyl (C=O) groups is 2. The molecule has 1 saturated heterocycles. The van der Waals surface area contributed by atoms with Gasteiger partial charge in [-0.05, 0) is 51.4 Å². The van der Waals surface area contributed by atoms with E-state index in [4.69, 9.17) is 18.9 Å². The average Bonchev–Trinajstić information content (AvgIpc) is 3.21. The van der Waals surface area contributed by atoms with Crippen molar-refractivity contribution in [3.63, 3.8) is 0 Å². The normalized spacial score (nSPS) is 20.7. The van der Waals surface area contributed by atoms with Crippen LogP contribution in [0.1, 0.15) is 181 Å². The van der Waals surface area contributed by atoms with E-state index in [1.165, 1.54) is 103 Å². The standard InChI is InChI=1S/C47H82O10/c1-3-5-7-9-11-13-15-16-17-18-19-20-21-22-23-24-26-28-30-32-34-36-43(50)56-40(39-55-47-46(53)45(52)44(51)41(37-48)57-47)38-54-42(49)35-33-31-29-27-25-14-12-10-8-6-4-2/h17-18,20-21,23-24,28,30,40-41,44-48,51-53H,3-16,19,22,25-27,29,31-39H2,1-2H3/b18-17+,21-20+,24-23+,30-28+/t40-,41-,44+,45?,46?,47-/m1/s1. The number of rotatable bonds is 37. The van der Waals surface area contributed by atoms with Gasteiger partial charge in [-0.15, -0.1) is 0 Å². The van der Waals surface area contributed by atoms with Gasteiger partial charge in [-0.25, -0.2) is 0 Å². The maximum atomic E-state index is 12.7. The van der Waals surface area contributed by atoms with Gasteiger partial charge >= 0.3 is 11.9 Å². The number of aliphatic hydroxyl groups is 4. The number of hydrogen-bond donors (Lipinski definition) is 4. The molecule has 6 atom stereocenters. The van der Waals surface area contributed by atoms with Crippen molar-refractivity contribution in [2.75, 3.05) is 19.8 Å². The number of allylic oxidation sites excluding steroid dienone is 8. The first-order valence-corrected chi connectivity index (χ1v) is 22.7. The van der Waals surface area contributed by atoms with E-state index in [9.17, 15) is 30.0 Å². The van der Waals surface area contributed by atoms with Gasteiger partial charge in [-0.2, -0.15) is 0 Å². The Balaban J connectivity index is 2.36. The van der Waals surface area contributed by atoms with Crippen LogP contribution in [-0.2, 0) is 28.5 Å². The summed E-state index contributed by atoms with van der Waals surface area (Å²) in [5.74, 6) is -0.872. The van der Waals surface area contributed by atoms with Gasteiger partial charge in [-0.3, -0.25) is 9.59 Å². The molecule has 0 saturated carbocycles. The molecule has 0 aromatic heterocycles. The van der Waals surface area contributed by atoms with Crippen LogP contribution in [0.3, 0.4) is 0 Å². The fourth-order valence-corrected chi connectivity index (χ4v) is 6.59. The molecule has 1 aliphatic rings. The Morgan fingerprint density at radius 2 is 1.00 bits per heavy atom. The van der Waals surface area contributed by atoms with Crippen LogP contribution < -0.4 is 0 Å². The number of aliphatic hydroxyl groups excluding tert-OH is 4. The monoisotopic (exact) mass is 807 g/mol. The predicted octanol–water partition coefficient (Wildman–Crippen LogP) is 9.67. The Hall–Kier alpha value is -2.34. The summed E-state index contributed by atoms with van der Waals surface area (Å²) in [5, 5.41) is 40.0. The van der Waals surface area contributed by atoms with Gasteiger partial charge in [-0.1, -0.05) is 165 Å². The minimum absolute atomic E-state index is 0.154. The zero-order chi connectivity index (χ0) is 41.6. The first-order valence-electron chi connectivity index (χ1n) is 22.7. The third-order valence-electron chi connectivity index (χ3n) is 10.2. The van der Waals surface area contributed by atoms with Gasteiger partial charge in [0.15, 0.2) is 12.4 Å². The second-order valence-electron chi connectivity index (χ2n) is 15.5. The number of unbranched alkanes of at least 4 members (excludes halogenated alkanes) is 18. The van der Waals surface area contributed by atoms with Crippen molar-refractivity contribution >= 4 is 11.9 Å². The van der Waals surface area contributed by atoms with Crippen LogP contribution in [0.5, 0.6) is 0 Å². The van der Waals surface area contributed by atoms with Crippen molar-refractivity contribution in [2.24, 2.45) is 0 Å². The van der Waals surface area contributed by atoms with Crippen LogP contribution in [0.2, 0.25) is 0 Å². The lowest BCUT2D eigenvalue weighted by atomic mass is 9.99. The van der Waals surface area contributed by atoms with Crippen molar-refractivity contribution in [3.05, 3.63) is 48.6 Å². The molecule has 2 unspecified atom stereocenters. The highest BCUT2D eigenvalue weighted by atomic mass is 16.7. The summed E-state index contributed by atoms with van der Waals surface area (Å²) >= 11 is 0. The van der Waals surface area contributed by atoms with E-state index in [0.717, 1.165) is 38.5 Å². The van der Waals surface area contributed by atoms with Gasteiger partial charge in [0.2, 0.25) is 0 Å². The van der Waals surface area contributed by atoms with Gasteiger partial charge in [0.25, 0.3) is 0 Å². The van der Waals surface area contributed by atoms with E-state index in [1.807, 2.05) is 6.08 Å². The van der Waals surface area contributed by atoms with E-state index in [0.29, 0.717) is 12.8 Å². The summed E-state index contributed by atoms with van der Waals surface area (Å²) in [6.07, 6.45) is 37.0. The van der Waals surface area contributed by atoms with Crippen LogP contribution in [0.4, 0.5) is 0 Å². The smallest absolute Gasteiger partial charge is 0.306 e. The highest BCUT2D eigenvalue weighted by Gasteiger charge is 2.44. The van der Waals surface area contributed by atoms with E-state index in [-0.39, 0.29) is 26.1 Å². The molecule has 0 aliphatic carbocycles. The summed E-state index contributed by atoms with van der Waals surface area (Å²) in [7, 11) is 0. The molecule has 1 aliphatic heterocycles. The number of carbonyl (C=O) groups excluding carboxylic acids is 2. The molecule has 0 amide bonds. The topological polar surface area (TPSA) is 152 Å². The van der Waals surface area contributed by atoms with E-state index < -0.39 is 55.4 Å². The summed E-state index contributed by atoms with van der Waals surface area (Å²) < 4.78 is 22.1. The second-order valence-corrected chi connectivity index (χ2v) is 15.5. The van der Waals surface area contributed by atoms with Crippen molar-refractivity contribution < 1.29 is 49.0 Å². The highest BCUT2D eigenvalue weighted by Crippen LogP contribution is 2.22. The zero-order valence-electron chi connectivity index (χ0n) is 35.8. The Morgan fingerprint density at radius 3 is 1.53 bits per heavy atom. The molecule has 57 heavy (non-hydrogen) atoms. The molecule has 10 nitrogen and oxygen atoms in total. The molecular weight excluding hydrogens is 725 g/mol. The molecule has 0 aromatic rings. The molecule has 330 valence electrons. The van der Waals surface area contributed by atoms with E-state index >= 15 is 0 Å². The van der Waals surface area contributed by atoms with Gasteiger partial charge in [0.05, 0.1) is 13.2 Å². The maximum absolute atomic E-state index is 12.7. The Morgan fingerprint density at radius 1 is 0.544 bits per heavy atom. The summed E-state index contributed by atoms with van der Waals surface area (Å²) in [5.41, 5.74) is 0. The van der Waals surface area contributed by atoms with Crippen molar-refractivity contribution in [1.29, 1.82) is 0 Å². The molecule has 4 N–H and O–H groups in total. The average molecular weight is 807 g/mol. The number of esters is 2. The minimum Gasteiger partial charge on any atom is -0.462 e. The maximum Gasteiger partial charge on any atom is 0.306 e.